The second-order valence-electron chi connectivity index (χ2n) is 7.30. The number of aromatic nitrogens is 3. The molecule has 0 bridgehead atoms. The van der Waals surface area contributed by atoms with E-state index in [1.807, 2.05) is 34.8 Å². The number of phenolic OH excluding ortho intramolecular Hbond substituents is 1. The van der Waals surface area contributed by atoms with Crippen molar-refractivity contribution < 1.29 is 9.90 Å². The second-order valence-corrected chi connectivity index (χ2v) is 8.57. The molecule has 2 aliphatic rings. The summed E-state index contributed by atoms with van der Waals surface area (Å²) in [5, 5.41) is 24.5. The van der Waals surface area contributed by atoms with E-state index in [0.717, 1.165) is 42.7 Å². The number of unbranched alkanes of at least 4 members (excludes halogenated alkanes) is 2. The van der Waals surface area contributed by atoms with Gasteiger partial charge >= 0.3 is 6.03 Å². The number of aromatic hydroxyl groups is 1. The molecule has 144 valence electrons. The highest BCUT2D eigenvalue weighted by molar-refractivity contribution is 8.00. The number of aryl methyl sites for hydroxylation is 1. The molecule has 8 heteroatoms. The van der Waals surface area contributed by atoms with E-state index in [0.29, 0.717) is 23.9 Å². The number of thioether (sulfide) groups is 1. The van der Waals surface area contributed by atoms with E-state index in [1.165, 1.54) is 6.42 Å². The van der Waals surface area contributed by atoms with Gasteiger partial charge in [-0.25, -0.2) is 9.48 Å². The van der Waals surface area contributed by atoms with E-state index < -0.39 is 0 Å². The molecule has 2 aliphatic heterocycles. The Balaban J connectivity index is 1.16. The number of hydrogen-bond acceptors (Lipinski definition) is 5. The molecule has 0 unspecified atom stereocenters. The van der Waals surface area contributed by atoms with E-state index in [-0.39, 0.29) is 11.8 Å². The van der Waals surface area contributed by atoms with E-state index >= 15 is 0 Å². The molecule has 4 rings (SSSR count). The molecule has 0 radical (unpaired) electrons. The molecular weight excluding hydrogens is 362 g/mol. The molecule has 0 aliphatic carbocycles. The van der Waals surface area contributed by atoms with E-state index in [4.69, 9.17) is 0 Å². The van der Waals surface area contributed by atoms with E-state index in [9.17, 15) is 9.90 Å². The zero-order valence-electron chi connectivity index (χ0n) is 15.2. The Bertz CT molecular complexity index is 796. The van der Waals surface area contributed by atoms with Crippen molar-refractivity contribution in [2.45, 2.75) is 56.0 Å². The van der Waals surface area contributed by atoms with Gasteiger partial charge in [-0.05, 0) is 37.0 Å². The van der Waals surface area contributed by atoms with Crippen LogP contribution in [0.2, 0.25) is 0 Å². The molecule has 3 N–H and O–H groups in total. The molecule has 7 nitrogen and oxygen atoms in total. The summed E-state index contributed by atoms with van der Waals surface area (Å²) in [7, 11) is 0. The quantitative estimate of drug-likeness (QED) is 0.477. The fraction of sp³-hybridized carbons (Fsp3) is 0.526. The monoisotopic (exact) mass is 387 g/mol. The number of nitrogens with zero attached hydrogens (tertiary/aromatic N) is 3. The topological polar surface area (TPSA) is 92.1 Å². The average molecular weight is 388 g/mol. The lowest BCUT2D eigenvalue weighted by Gasteiger charge is -2.16. The summed E-state index contributed by atoms with van der Waals surface area (Å²) in [6.07, 6.45) is 7.51. The van der Waals surface area contributed by atoms with Crippen molar-refractivity contribution in [3.05, 3.63) is 41.7 Å². The number of carbonyl (C=O) groups excluding carboxylic acids is 1. The minimum atomic E-state index is -0.0101. The Morgan fingerprint density at radius 3 is 3.07 bits per heavy atom. The van der Waals surface area contributed by atoms with Crippen molar-refractivity contribution >= 4 is 17.8 Å². The number of fused-ring (bicyclic) bond motifs is 1. The van der Waals surface area contributed by atoms with Gasteiger partial charge in [0.25, 0.3) is 0 Å². The highest BCUT2D eigenvalue weighted by atomic mass is 32.2. The molecular formula is C19H25N5O2S. The number of nitrogens with one attached hydrogen (secondary N) is 2. The predicted octanol–water partition coefficient (Wildman–Crippen LogP) is 2.30. The lowest BCUT2D eigenvalue weighted by molar-refractivity contribution is 0.247. The molecule has 27 heavy (non-hydrogen) atoms. The SMILES string of the molecule is O=C1N[C@H]2[C@H](CS[C@H]2CCCCCc2cn(Cc3cccc(O)c3)nn2)N1. The molecule has 1 aromatic heterocycles. The highest BCUT2D eigenvalue weighted by Gasteiger charge is 2.42. The summed E-state index contributed by atoms with van der Waals surface area (Å²) in [4.78, 5) is 11.4. The summed E-state index contributed by atoms with van der Waals surface area (Å²) in [6.45, 7) is 0.614. The van der Waals surface area contributed by atoms with Crippen LogP contribution in [-0.2, 0) is 13.0 Å². The van der Waals surface area contributed by atoms with E-state index in [2.05, 4.69) is 20.9 Å². The first-order chi connectivity index (χ1) is 13.2. The van der Waals surface area contributed by atoms with Gasteiger partial charge in [0.15, 0.2) is 0 Å². The maximum Gasteiger partial charge on any atom is 0.315 e. The average Bonchev–Trinajstić information content (AvgIpc) is 3.32. The highest BCUT2D eigenvalue weighted by Crippen LogP contribution is 2.33. The van der Waals surface area contributed by atoms with Crippen LogP contribution in [0.4, 0.5) is 4.79 Å². The van der Waals surface area contributed by atoms with Crippen LogP contribution in [0.1, 0.15) is 36.9 Å². The van der Waals surface area contributed by atoms with Gasteiger partial charge in [-0.1, -0.05) is 30.2 Å². The lowest BCUT2D eigenvalue weighted by atomic mass is 10.0. The van der Waals surface area contributed by atoms with Crippen LogP contribution < -0.4 is 10.6 Å². The maximum atomic E-state index is 11.4. The van der Waals surface area contributed by atoms with Gasteiger partial charge < -0.3 is 15.7 Å². The van der Waals surface area contributed by atoms with Gasteiger partial charge in [0.2, 0.25) is 0 Å². The number of rotatable bonds is 8. The number of benzene rings is 1. The zero-order valence-corrected chi connectivity index (χ0v) is 16.0. The second kappa shape index (κ2) is 8.21. The Morgan fingerprint density at radius 1 is 1.26 bits per heavy atom. The van der Waals surface area contributed by atoms with Crippen molar-refractivity contribution in [1.82, 2.24) is 25.6 Å². The number of amides is 2. The Hall–Kier alpha value is -2.22. The molecule has 1 aromatic carbocycles. The first-order valence-electron chi connectivity index (χ1n) is 9.53. The Labute approximate surface area is 162 Å². The normalized spacial score (nSPS) is 23.9. The van der Waals surface area contributed by atoms with Gasteiger partial charge in [-0.2, -0.15) is 11.8 Å². The maximum absolute atomic E-state index is 11.4. The lowest BCUT2D eigenvalue weighted by Crippen LogP contribution is -2.36. The van der Waals surface area contributed by atoms with Gasteiger partial charge in [0.1, 0.15) is 5.75 Å². The molecule has 3 heterocycles. The molecule has 0 spiro atoms. The largest absolute Gasteiger partial charge is 0.508 e. The van der Waals surface area contributed by atoms with Gasteiger partial charge in [-0.15, -0.1) is 5.10 Å². The third kappa shape index (κ3) is 4.55. The number of urea groups is 1. The minimum Gasteiger partial charge on any atom is -0.508 e. The smallest absolute Gasteiger partial charge is 0.315 e. The summed E-state index contributed by atoms with van der Waals surface area (Å²) >= 11 is 1.98. The molecule has 2 amide bonds. The van der Waals surface area contributed by atoms with E-state index in [1.54, 1.807) is 12.1 Å². The van der Waals surface area contributed by atoms with Gasteiger partial charge in [-0.3, -0.25) is 0 Å². The van der Waals surface area contributed by atoms with Crippen LogP contribution in [0, 0.1) is 0 Å². The van der Waals surface area contributed by atoms with Crippen molar-refractivity contribution in [2.75, 3.05) is 5.75 Å². The van der Waals surface area contributed by atoms with Crippen molar-refractivity contribution in [1.29, 1.82) is 0 Å². The van der Waals surface area contributed by atoms with Crippen LogP contribution in [0.15, 0.2) is 30.5 Å². The summed E-state index contributed by atoms with van der Waals surface area (Å²) in [5.41, 5.74) is 2.02. The first-order valence-corrected chi connectivity index (χ1v) is 10.6. The number of hydrogen-bond donors (Lipinski definition) is 3. The summed E-state index contributed by atoms with van der Waals surface area (Å²) < 4.78 is 1.81. The van der Waals surface area contributed by atoms with Crippen molar-refractivity contribution in [2.24, 2.45) is 0 Å². The minimum absolute atomic E-state index is 0.0101. The van der Waals surface area contributed by atoms with Crippen molar-refractivity contribution in [3.63, 3.8) is 0 Å². The predicted molar refractivity (Wildman–Crippen MR) is 105 cm³/mol. The molecule has 2 aromatic rings. The molecule has 2 fully saturated rings. The summed E-state index contributed by atoms with van der Waals surface area (Å²) in [6, 6.07) is 7.82. The fourth-order valence-electron chi connectivity index (χ4n) is 3.84. The third-order valence-electron chi connectivity index (χ3n) is 5.20. The van der Waals surface area contributed by atoms with Crippen LogP contribution in [0.25, 0.3) is 0 Å². The van der Waals surface area contributed by atoms with Gasteiger partial charge in [0.05, 0.1) is 24.3 Å². The Morgan fingerprint density at radius 2 is 2.19 bits per heavy atom. The Kier molecular flexibility index (Phi) is 5.52. The van der Waals surface area contributed by atoms with Crippen LogP contribution >= 0.6 is 11.8 Å². The molecule has 0 saturated carbocycles. The number of phenols is 1. The molecule has 3 atom stereocenters. The summed E-state index contributed by atoms with van der Waals surface area (Å²) in [5.74, 6) is 1.30. The van der Waals surface area contributed by atoms with Crippen LogP contribution in [-0.4, -0.2) is 49.2 Å². The van der Waals surface area contributed by atoms with Crippen LogP contribution in [0.3, 0.4) is 0 Å². The van der Waals surface area contributed by atoms with Crippen LogP contribution in [0.5, 0.6) is 5.75 Å². The first kappa shape index (κ1) is 18.2. The standard InChI is InChI=1S/C19H25N5O2S/c25-15-7-4-5-13(9-15)10-24-11-14(22-23-24)6-2-1-3-8-17-18-16(12-27-17)20-19(26)21-18/h4-5,7,9,11,16-18,25H,1-3,6,8,10,12H2,(H2,20,21,26)/t16-,17-,18-/m0/s1. The molecule has 2 saturated heterocycles. The number of carbonyl (C=O) groups is 1. The van der Waals surface area contributed by atoms with Gasteiger partial charge in [0, 0.05) is 17.2 Å². The fourth-order valence-corrected chi connectivity index (χ4v) is 5.39. The third-order valence-corrected chi connectivity index (χ3v) is 6.71. The van der Waals surface area contributed by atoms with Crippen molar-refractivity contribution in [3.8, 4) is 5.75 Å². The zero-order chi connectivity index (χ0) is 18.6.